The maximum atomic E-state index is 12.5. The van der Waals surface area contributed by atoms with Crippen LogP contribution in [0.1, 0.15) is 31.2 Å². The Labute approximate surface area is 137 Å². The fraction of sp³-hybridized carbons (Fsp3) is 0.500. The van der Waals surface area contributed by atoms with Gasteiger partial charge in [-0.1, -0.05) is 12.8 Å². The predicted molar refractivity (Wildman–Crippen MR) is 88.4 cm³/mol. The Hall–Kier alpha value is -2.07. The molecule has 1 amide bonds. The largest absolute Gasteiger partial charge is 0.341 e. The molecule has 1 fully saturated rings. The van der Waals surface area contributed by atoms with E-state index in [2.05, 4.69) is 0 Å². The zero-order valence-corrected chi connectivity index (χ0v) is 14.1. The molecule has 1 aliphatic heterocycles. The number of sulfonamides is 1. The highest BCUT2D eigenvalue weighted by Crippen LogP contribution is 2.19. The molecule has 1 aromatic carbocycles. The van der Waals surface area contributed by atoms with Crippen LogP contribution in [-0.4, -0.2) is 45.1 Å². The number of hydrogen-bond acceptors (Lipinski definition) is 4. The second kappa shape index (κ2) is 7.47. The van der Waals surface area contributed by atoms with E-state index in [9.17, 15) is 13.2 Å². The molecule has 0 atom stereocenters. The van der Waals surface area contributed by atoms with Gasteiger partial charge in [-0.25, -0.2) is 8.42 Å². The van der Waals surface area contributed by atoms with Crippen LogP contribution in [0.5, 0.6) is 0 Å². The van der Waals surface area contributed by atoms with Gasteiger partial charge in [0.2, 0.25) is 15.9 Å². The fourth-order valence-electron chi connectivity index (χ4n) is 2.65. The average Bonchev–Trinajstić information content (AvgIpc) is 2.81. The molecule has 1 saturated heterocycles. The van der Waals surface area contributed by atoms with Crippen LogP contribution in [0.15, 0.2) is 24.3 Å². The van der Waals surface area contributed by atoms with Gasteiger partial charge in [-0.3, -0.25) is 9.10 Å². The van der Waals surface area contributed by atoms with Crippen molar-refractivity contribution in [3.8, 4) is 6.07 Å². The number of nitriles is 1. The lowest BCUT2D eigenvalue weighted by molar-refractivity contribution is -0.129. The number of hydrogen-bond donors (Lipinski definition) is 0. The summed E-state index contributed by atoms with van der Waals surface area (Å²) in [6.07, 6.45) is 5.22. The van der Waals surface area contributed by atoms with Crippen molar-refractivity contribution in [1.29, 1.82) is 5.26 Å². The van der Waals surface area contributed by atoms with Gasteiger partial charge in [-0.15, -0.1) is 0 Å². The first-order valence-electron chi connectivity index (χ1n) is 7.67. The van der Waals surface area contributed by atoms with E-state index in [0.717, 1.165) is 36.2 Å². The van der Waals surface area contributed by atoms with Crippen LogP contribution in [0.2, 0.25) is 0 Å². The molecule has 1 aliphatic rings. The predicted octanol–water partition coefficient (Wildman–Crippen LogP) is 1.73. The van der Waals surface area contributed by atoms with Crippen LogP contribution >= 0.6 is 0 Å². The van der Waals surface area contributed by atoms with Crippen LogP contribution in [0.4, 0.5) is 5.69 Å². The number of nitrogens with zero attached hydrogens (tertiary/aromatic N) is 3. The minimum absolute atomic E-state index is 0.179. The molecule has 0 radical (unpaired) electrons. The third kappa shape index (κ3) is 4.70. The fourth-order valence-corrected chi connectivity index (χ4v) is 3.49. The first-order chi connectivity index (χ1) is 10.9. The number of benzene rings is 1. The van der Waals surface area contributed by atoms with Gasteiger partial charge in [0.1, 0.15) is 6.54 Å². The number of carbonyl (C=O) groups is 1. The summed E-state index contributed by atoms with van der Waals surface area (Å²) in [6.45, 7) is 1.17. The Morgan fingerprint density at radius 3 is 2.22 bits per heavy atom. The quantitative estimate of drug-likeness (QED) is 0.839. The van der Waals surface area contributed by atoms with Gasteiger partial charge in [0.05, 0.1) is 23.6 Å². The molecule has 6 nitrogen and oxygen atoms in total. The summed E-state index contributed by atoms with van der Waals surface area (Å²) >= 11 is 0. The first kappa shape index (κ1) is 17.3. The number of rotatable bonds is 4. The molecular formula is C16H21N3O3S. The number of amides is 1. The van der Waals surface area contributed by atoms with E-state index in [0.29, 0.717) is 24.3 Å². The Bertz CT molecular complexity index is 684. The summed E-state index contributed by atoms with van der Waals surface area (Å²) < 4.78 is 25.2. The molecular weight excluding hydrogens is 314 g/mol. The third-order valence-corrected chi connectivity index (χ3v) is 5.06. The van der Waals surface area contributed by atoms with Crippen LogP contribution in [0, 0.1) is 11.3 Å². The van der Waals surface area contributed by atoms with E-state index >= 15 is 0 Å². The van der Waals surface area contributed by atoms with Gasteiger partial charge in [-0.2, -0.15) is 5.26 Å². The Morgan fingerprint density at radius 2 is 1.74 bits per heavy atom. The minimum Gasteiger partial charge on any atom is -0.341 e. The lowest BCUT2D eigenvalue weighted by atomic mass is 10.2. The number of likely N-dealkylation sites (tertiary alicyclic amines) is 1. The zero-order valence-electron chi connectivity index (χ0n) is 13.2. The van der Waals surface area contributed by atoms with Crippen LogP contribution in [0.25, 0.3) is 0 Å². The van der Waals surface area contributed by atoms with E-state index in [1.54, 1.807) is 29.2 Å². The minimum atomic E-state index is -3.58. The maximum Gasteiger partial charge on any atom is 0.243 e. The number of carbonyl (C=O) groups excluding carboxylic acids is 1. The maximum absolute atomic E-state index is 12.5. The summed E-state index contributed by atoms with van der Waals surface area (Å²) in [5.74, 6) is -0.179. The van der Waals surface area contributed by atoms with Gasteiger partial charge < -0.3 is 4.90 Å². The monoisotopic (exact) mass is 335 g/mol. The van der Waals surface area contributed by atoms with Gasteiger partial charge in [0.25, 0.3) is 0 Å². The lowest BCUT2D eigenvalue weighted by Crippen LogP contribution is -2.43. The smallest absolute Gasteiger partial charge is 0.243 e. The van der Waals surface area contributed by atoms with Gasteiger partial charge >= 0.3 is 0 Å². The second-order valence-corrected chi connectivity index (χ2v) is 7.63. The van der Waals surface area contributed by atoms with Crippen molar-refractivity contribution in [1.82, 2.24) is 4.90 Å². The normalized spacial score (nSPS) is 15.6. The van der Waals surface area contributed by atoms with Crippen molar-refractivity contribution < 1.29 is 13.2 Å². The summed E-state index contributed by atoms with van der Waals surface area (Å²) in [6, 6.07) is 8.18. The van der Waals surface area contributed by atoms with Gasteiger partial charge in [0, 0.05) is 13.1 Å². The standard InChI is InChI=1S/C16H21N3O3S/c1-23(21,22)19(15-8-6-14(12-17)7-9-15)13-16(20)18-10-4-2-3-5-11-18/h6-9H,2-5,10-11,13H2,1H3. The Morgan fingerprint density at radius 1 is 1.17 bits per heavy atom. The molecule has 124 valence electrons. The van der Waals surface area contributed by atoms with Crippen LogP contribution < -0.4 is 4.31 Å². The highest BCUT2D eigenvalue weighted by Gasteiger charge is 2.24. The topological polar surface area (TPSA) is 81.5 Å². The Balaban J connectivity index is 2.18. The molecule has 23 heavy (non-hydrogen) atoms. The van der Waals surface area contributed by atoms with Crippen molar-refractivity contribution in [3.05, 3.63) is 29.8 Å². The molecule has 0 bridgehead atoms. The molecule has 0 N–H and O–H groups in total. The first-order valence-corrected chi connectivity index (χ1v) is 9.52. The SMILES string of the molecule is CS(=O)(=O)N(CC(=O)N1CCCCCC1)c1ccc(C#N)cc1. The van der Waals surface area contributed by atoms with E-state index in [1.807, 2.05) is 6.07 Å². The molecule has 0 aliphatic carbocycles. The van der Waals surface area contributed by atoms with Crippen molar-refractivity contribution in [3.63, 3.8) is 0 Å². The molecule has 1 heterocycles. The van der Waals surface area contributed by atoms with Gasteiger partial charge in [0.15, 0.2) is 0 Å². The highest BCUT2D eigenvalue weighted by atomic mass is 32.2. The average molecular weight is 335 g/mol. The molecule has 1 aromatic rings. The highest BCUT2D eigenvalue weighted by molar-refractivity contribution is 7.92. The van der Waals surface area contributed by atoms with Crippen LogP contribution in [0.3, 0.4) is 0 Å². The molecule has 0 saturated carbocycles. The second-order valence-electron chi connectivity index (χ2n) is 5.72. The van der Waals surface area contributed by atoms with E-state index < -0.39 is 10.0 Å². The third-order valence-electron chi connectivity index (χ3n) is 3.92. The lowest BCUT2D eigenvalue weighted by Gasteiger charge is -2.26. The van der Waals surface area contributed by atoms with Crippen molar-refractivity contribution in [2.24, 2.45) is 0 Å². The van der Waals surface area contributed by atoms with E-state index in [1.165, 1.54) is 0 Å². The van der Waals surface area contributed by atoms with Crippen molar-refractivity contribution in [2.75, 3.05) is 30.2 Å². The van der Waals surface area contributed by atoms with E-state index in [-0.39, 0.29) is 12.5 Å². The zero-order chi connectivity index (χ0) is 16.9. The molecule has 2 rings (SSSR count). The molecule has 0 aromatic heterocycles. The number of anilines is 1. The molecule has 7 heteroatoms. The summed E-state index contributed by atoms with van der Waals surface area (Å²) in [5, 5.41) is 8.83. The molecule has 0 spiro atoms. The molecule has 0 unspecified atom stereocenters. The van der Waals surface area contributed by atoms with Crippen molar-refractivity contribution in [2.45, 2.75) is 25.7 Å². The summed E-state index contributed by atoms with van der Waals surface area (Å²) in [7, 11) is -3.58. The van der Waals surface area contributed by atoms with Crippen molar-refractivity contribution >= 4 is 21.6 Å². The van der Waals surface area contributed by atoms with Crippen LogP contribution in [-0.2, 0) is 14.8 Å². The summed E-state index contributed by atoms with van der Waals surface area (Å²) in [5.41, 5.74) is 0.843. The van der Waals surface area contributed by atoms with E-state index in [4.69, 9.17) is 5.26 Å². The Kier molecular flexibility index (Phi) is 5.61. The summed E-state index contributed by atoms with van der Waals surface area (Å²) in [4.78, 5) is 14.2. The van der Waals surface area contributed by atoms with Gasteiger partial charge in [-0.05, 0) is 37.1 Å².